The molecule has 3 nitrogen and oxygen atoms in total. The molecule has 1 aromatic heterocycles. The lowest BCUT2D eigenvalue weighted by atomic mass is 10.1. The van der Waals surface area contributed by atoms with E-state index in [9.17, 15) is 4.79 Å². The van der Waals surface area contributed by atoms with E-state index in [2.05, 4.69) is 24.0 Å². The Kier molecular flexibility index (Phi) is 4.29. The predicted molar refractivity (Wildman–Crippen MR) is 74.9 cm³/mol. The zero-order valence-corrected chi connectivity index (χ0v) is 11.2. The zero-order chi connectivity index (χ0) is 13.7. The number of carbonyl (C=O) groups excluding carboxylic acids is 1. The number of hydrogen-bond acceptors (Lipinski definition) is 3. The predicted octanol–water partition coefficient (Wildman–Crippen LogP) is 3.95. The van der Waals surface area contributed by atoms with E-state index in [1.807, 2.05) is 19.1 Å². The summed E-state index contributed by atoms with van der Waals surface area (Å²) in [5.41, 5.74) is 2.71. The van der Waals surface area contributed by atoms with Crippen LogP contribution in [0.2, 0.25) is 0 Å². The third kappa shape index (κ3) is 3.41. The van der Waals surface area contributed by atoms with Gasteiger partial charge in [0.15, 0.2) is 6.29 Å². The number of nitrogens with zero attached hydrogens (tertiary/aromatic N) is 1. The zero-order valence-electron chi connectivity index (χ0n) is 11.2. The van der Waals surface area contributed by atoms with Crippen LogP contribution in [0.5, 0.6) is 11.6 Å². The SMILES string of the molecule is CCCc1ccc(Oc2ncc(C=O)cc2C)cc1. The van der Waals surface area contributed by atoms with Crippen LogP contribution in [-0.2, 0) is 6.42 Å². The molecule has 0 amide bonds. The van der Waals surface area contributed by atoms with Crippen molar-refractivity contribution in [3.05, 3.63) is 53.2 Å². The van der Waals surface area contributed by atoms with Crippen LogP contribution in [0, 0.1) is 6.92 Å². The van der Waals surface area contributed by atoms with Gasteiger partial charge in [-0.05, 0) is 37.1 Å². The fourth-order valence-electron chi connectivity index (χ4n) is 1.88. The van der Waals surface area contributed by atoms with E-state index in [0.717, 1.165) is 30.4 Å². The molecule has 2 aromatic rings. The Morgan fingerprint density at radius 2 is 2.00 bits per heavy atom. The lowest BCUT2D eigenvalue weighted by molar-refractivity contribution is 0.112. The Morgan fingerprint density at radius 3 is 2.58 bits per heavy atom. The fraction of sp³-hybridized carbons (Fsp3) is 0.250. The molecule has 1 heterocycles. The van der Waals surface area contributed by atoms with Crippen LogP contribution in [-0.4, -0.2) is 11.3 Å². The first-order valence-electron chi connectivity index (χ1n) is 6.41. The van der Waals surface area contributed by atoms with Gasteiger partial charge < -0.3 is 4.74 Å². The first-order valence-corrected chi connectivity index (χ1v) is 6.41. The van der Waals surface area contributed by atoms with Gasteiger partial charge in [-0.1, -0.05) is 25.5 Å². The maximum atomic E-state index is 10.6. The molecule has 3 heteroatoms. The lowest BCUT2D eigenvalue weighted by Gasteiger charge is -2.08. The lowest BCUT2D eigenvalue weighted by Crippen LogP contribution is -1.93. The maximum Gasteiger partial charge on any atom is 0.222 e. The summed E-state index contributed by atoms with van der Waals surface area (Å²) in [6.07, 6.45) is 4.50. The van der Waals surface area contributed by atoms with Crippen molar-refractivity contribution < 1.29 is 9.53 Å². The van der Waals surface area contributed by atoms with Gasteiger partial charge in [-0.3, -0.25) is 4.79 Å². The molecule has 0 atom stereocenters. The summed E-state index contributed by atoms with van der Waals surface area (Å²) in [6, 6.07) is 9.78. The average Bonchev–Trinajstić information content (AvgIpc) is 2.43. The second kappa shape index (κ2) is 6.14. The normalized spacial score (nSPS) is 10.2. The molecule has 0 aliphatic heterocycles. The summed E-state index contributed by atoms with van der Waals surface area (Å²) in [7, 11) is 0. The molecule has 0 fully saturated rings. The molecule has 19 heavy (non-hydrogen) atoms. The number of carbonyl (C=O) groups is 1. The van der Waals surface area contributed by atoms with Gasteiger partial charge >= 0.3 is 0 Å². The van der Waals surface area contributed by atoms with E-state index in [1.165, 1.54) is 11.8 Å². The van der Waals surface area contributed by atoms with Crippen molar-refractivity contribution in [2.24, 2.45) is 0 Å². The number of ether oxygens (including phenoxy) is 1. The Morgan fingerprint density at radius 1 is 1.26 bits per heavy atom. The molecule has 0 spiro atoms. The summed E-state index contributed by atoms with van der Waals surface area (Å²) in [5.74, 6) is 1.29. The number of pyridine rings is 1. The smallest absolute Gasteiger partial charge is 0.222 e. The third-order valence-electron chi connectivity index (χ3n) is 2.86. The summed E-state index contributed by atoms with van der Waals surface area (Å²) in [6.45, 7) is 4.03. The molecular weight excluding hydrogens is 238 g/mol. The quantitative estimate of drug-likeness (QED) is 0.759. The maximum absolute atomic E-state index is 10.6. The number of aldehydes is 1. The molecule has 0 radical (unpaired) electrons. The van der Waals surface area contributed by atoms with Crippen LogP contribution < -0.4 is 4.74 Å². The van der Waals surface area contributed by atoms with Crippen LogP contribution in [0.4, 0.5) is 0 Å². The van der Waals surface area contributed by atoms with E-state index in [1.54, 1.807) is 6.07 Å². The molecule has 0 saturated heterocycles. The fourth-order valence-corrected chi connectivity index (χ4v) is 1.88. The van der Waals surface area contributed by atoms with Crippen molar-refractivity contribution in [2.75, 3.05) is 0 Å². The summed E-state index contributed by atoms with van der Waals surface area (Å²) >= 11 is 0. The number of benzene rings is 1. The molecule has 0 saturated carbocycles. The van der Waals surface area contributed by atoms with E-state index in [-0.39, 0.29) is 0 Å². The first-order chi connectivity index (χ1) is 9.22. The second-order valence-corrected chi connectivity index (χ2v) is 4.50. The van der Waals surface area contributed by atoms with Gasteiger partial charge in [0.2, 0.25) is 5.88 Å². The minimum absolute atomic E-state index is 0.536. The highest BCUT2D eigenvalue weighted by Crippen LogP contribution is 2.23. The second-order valence-electron chi connectivity index (χ2n) is 4.50. The number of aromatic nitrogens is 1. The van der Waals surface area contributed by atoms with Gasteiger partial charge in [0.1, 0.15) is 5.75 Å². The Hall–Kier alpha value is -2.16. The van der Waals surface area contributed by atoms with Gasteiger partial charge in [0.05, 0.1) is 0 Å². The van der Waals surface area contributed by atoms with E-state index >= 15 is 0 Å². The molecule has 1 aromatic carbocycles. The molecule has 0 N–H and O–H groups in total. The van der Waals surface area contributed by atoms with E-state index < -0.39 is 0 Å². The van der Waals surface area contributed by atoms with Crippen LogP contribution in [0.15, 0.2) is 36.5 Å². The van der Waals surface area contributed by atoms with E-state index in [0.29, 0.717) is 11.4 Å². The van der Waals surface area contributed by atoms with Crippen molar-refractivity contribution in [2.45, 2.75) is 26.7 Å². The van der Waals surface area contributed by atoms with Crippen LogP contribution >= 0.6 is 0 Å². The average molecular weight is 255 g/mol. The largest absolute Gasteiger partial charge is 0.439 e. The van der Waals surface area contributed by atoms with Gasteiger partial charge in [-0.25, -0.2) is 4.98 Å². The summed E-state index contributed by atoms with van der Waals surface area (Å²) in [5, 5.41) is 0. The highest BCUT2D eigenvalue weighted by atomic mass is 16.5. The minimum atomic E-state index is 0.536. The number of hydrogen-bond donors (Lipinski definition) is 0. The van der Waals surface area contributed by atoms with Gasteiger partial charge in [-0.2, -0.15) is 0 Å². The minimum Gasteiger partial charge on any atom is -0.439 e. The van der Waals surface area contributed by atoms with Crippen molar-refractivity contribution in [1.82, 2.24) is 4.98 Å². The monoisotopic (exact) mass is 255 g/mol. The molecule has 0 bridgehead atoms. The van der Waals surface area contributed by atoms with E-state index in [4.69, 9.17) is 4.74 Å². The number of rotatable bonds is 5. The molecule has 0 aliphatic carbocycles. The molecular formula is C16H17NO2. The Bertz CT molecular complexity index is 561. The number of aryl methyl sites for hydroxylation is 2. The molecule has 98 valence electrons. The Balaban J connectivity index is 2.14. The van der Waals surface area contributed by atoms with Crippen LogP contribution in [0.1, 0.15) is 34.8 Å². The highest BCUT2D eigenvalue weighted by Gasteiger charge is 2.04. The van der Waals surface area contributed by atoms with Crippen LogP contribution in [0.25, 0.3) is 0 Å². The molecule has 0 aliphatic rings. The van der Waals surface area contributed by atoms with Gasteiger partial charge in [-0.15, -0.1) is 0 Å². The molecule has 0 unspecified atom stereocenters. The van der Waals surface area contributed by atoms with Gasteiger partial charge in [0.25, 0.3) is 0 Å². The summed E-state index contributed by atoms with van der Waals surface area (Å²) in [4.78, 5) is 14.8. The standard InChI is InChI=1S/C16H17NO2/c1-3-4-13-5-7-15(8-6-13)19-16-12(2)9-14(11-18)10-17-16/h5-11H,3-4H2,1-2H3. The topological polar surface area (TPSA) is 39.2 Å². The molecule has 2 rings (SSSR count). The summed E-state index contributed by atoms with van der Waals surface area (Å²) < 4.78 is 5.71. The first kappa shape index (κ1) is 13.3. The van der Waals surface area contributed by atoms with Crippen molar-refractivity contribution in [3.8, 4) is 11.6 Å². The van der Waals surface area contributed by atoms with Crippen molar-refractivity contribution in [1.29, 1.82) is 0 Å². The third-order valence-corrected chi connectivity index (χ3v) is 2.86. The van der Waals surface area contributed by atoms with Crippen molar-refractivity contribution in [3.63, 3.8) is 0 Å². The highest BCUT2D eigenvalue weighted by molar-refractivity contribution is 5.74. The van der Waals surface area contributed by atoms with Crippen molar-refractivity contribution >= 4 is 6.29 Å². The van der Waals surface area contributed by atoms with Gasteiger partial charge in [0, 0.05) is 17.3 Å². The Labute approximate surface area is 113 Å². The van der Waals surface area contributed by atoms with Crippen LogP contribution in [0.3, 0.4) is 0 Å².